The molecule has 2 unspecified atom stereocenters. The Balaban J connectivity index is 2.37. The van der Waals surface area contributed by atoms with E-state index in [0.717, 1.165) is 13.1 Å². The first-order valence-corrected chi connectivity index (χ1v) is 6.14. The number of carbonyl (C=O) groups is 2. The second-order valence-electron chi connectivity index (χ2n) is 5.14. The van der Waals surface area contributed by atoms with Crippen molar-refractivity contribution in [2.45, 2.75) is 20.8 Å². The number of carbonyl (C=O) groups excluding carboxylic acids is 1. The van der Waals surface area contributed by atoms with E-state index in [-0.39, 0.29) is 24.3 Å². The molecule has 98 valence electrons. The van der Waals surface area contributed by atoms with Crippen molar-refractivity contribution in [1.29, 1.82) is 0 Å². The molecule has 2 atom stereocenters. The van der Waals surface area contributed by atoms with Crippen LogP contribution in [0.3, 0.4) is 0 Å². The molecule has 0 saturated carbocycles. The van der Waals surface area contributed by atoms with Crippen LogP contribution in [0.15, 0.2) is 0 Å². The molecule has 3 N–H and O–H groups in total. The number of carboxylic acid groups (broad SMARTS) is 1. The molecule has 0 aromatic heterocycles. The first-order chi connectivity index (χ1) is 7.93. The van der Waals surface area contributed by atoms with Gasteiger partial charge in [0, 0.05) is 12.5 Å². The van der Waals surface area contributed by atoms with Gasteiger partial charge in [-0.15, -0.1) is 0 Å². The highest BCUT2D eigenvalue weighted by Crippen LogP contribution is 2.16. The molecular weight excluding hydrogens is 220 g/mol. The number of carboxylic acids is 1. The van der Waals surface area contributed by atoms with E-state index < -0.39 is 11.9 Å². The Morgan fingerprint density at radius 1 is 1.35 bits per heavy atom. The molecule has 0 aromatic carbocycles. The summed E-state index contributed by atoms with van der Waals surface area (Å²) in [5.41, 5.74) is 0. The normalized spacial score (nSPS) is 19.5. The molecule has 0 radical (unpaired) electrons. The van der Waals surface area contributed by atoms with E-state index in [1.54, 1.807) is 0 Å². The van der Waals surface area contributed by atoms with Crippen LogP contribution in [0.4, 0.5) is 0 Å². The van der Waals surface area contributed by atoms with Crippen molar-refractivity contribution in [3.63, 3.8) is 0 Å². The van der Waals surface area contributed by atoms with Gasteiger partial charge >= 0.3 is 5.97 Å². The van der Waals surface area contributed by atoms with Crippen LogP contribution in [0.1, 0.15) is 20.8 Å². The summed E-state index contributed by atoms with van der Waals surface area (Å²) in [6.45, 7) is 7.57. The fraction of sp³-hybridized carbons (Fsp3) is 0.833. The highest BCUT2D eigenvalue weighted by atomic mass is 16.4. The monoisotopic (exact) mass is 242 g/mol. The summed E-state index contributed by atoms with van der Waals surface area (Å²) >= 11 is 0. The van der Waals surface area contributed by atoms with Gasteiger partial charge in [-0.05, 0) is 24.9 Å². The van der Waals surface area contributed by atoms with Gasteiger partial charge in [0.25, 0.3) is 0 Å². The molecule has 17 heavy (non-hydrogen) atoms. The van der Waals surface area contributed by atoms with E-state index in [2.05, 4.69) is 10.6 Å². The first-order valence-electron chi connectivity index (χ1n) is 6.14. The van der Waals surface area contributed by atoms with Crippen molar-refractivity contribution in [2.75, 3.05) is 19.6 Å². The molecule has 0 aliphatic carbocycles. The zero-order chi connectivity index (χ0) is 13.0. The molecule has 1 heterocycles. The summed E-state index contributed by atoms with van der Waals surface area (Å²) in [6.07, 6.45) is 0. The Morgan fingerprint density at radius 3 is 2.29 bits per heavy atom. The van der Waals surface area contributed by atoms with Crippen LogP contribution in [0, 0.1) is 23.7 Å². The van der Waals surface area contributed by atoms with E-state index in [1.165, 1.54) is 0 Å². The molecular formula is C12H22N2O3. The van der Waals surface area contributed by atoms with Crippen LogP contribution in [0.2, 0.25) is 0 Å². The quantitative estimate of drug-likeness (QED) is 0.626. The van der Waals surface area contributed by atoms with Crippen molar-refractivity contribution in [1.82, 2.24) is 10.6 Å². The zero-order valence-electron chi connectivity index (χ0n) is 10.7. The summed E-state index contributed by atoms with van der Waals surface area (Å²) in [5, 5.41) is 14.9. The Bertz CT molecular complexity index is 287. The highest BCUT2D eigenvalue weighted by molar-refractivity contribution is 5.79. The van der Waals surface area contributed by atoms with Crippen LogP contribution in [-0.2, 0) is 9.59 Å². The lowest BCUT2D eigenvalue weighted by Gasteiger charge is -2.32. The van der Waals surface area contributed by atoms with Gasteiger partial charge < -0.3 is 15.7 Å². The molecule has 1 aliphatic heterocycles. The number of rotatable bonds is 6. The van der Waals surface area contributed by atoms with Crippen LogP contribution in [0.25, 0.3) is 0 Å². The maximum atomic E-state index is 11.8. The number of aliphatic carboxylic acids is 1. The molecule has 0 aromatic rings. The number of amides is 1. The SMILES string of the molecule is CC(C)C(CNC(=O)C(C)C1CNC1)C(=O)O. The minimum Gasteiger partial charge on any atom is -0.481 e. The average molecular weight is 242 g/mol. The third kappa shape index (κ3) is 3.70. The maximum Gasteiger partial charge on any atom is 0.308 e. The van der Waals surface area contributed by atoms with Gasteiger partial charge in [0.05, 0.1) is 5.92 Å². The fourth-order valence-electron chi connectivity index (χ4n) is 1.86. The van der Waals surface area contributed by atoms with Gasteiger partial charge in [-0.1, -0.05) is 20.8 Å². The predicted molar refractivity (Wildman–Crippen MR) is 64.5 cm³/mol. The Labute approximate surface area is 102 Å². The molecule has 5 nitrogen and oxygen atoms in total. The third-order valence-electron chi connectivity index (χ3n) is 3.55. The predicted octanol–water partition coefficient (Wildman–Crippen LogP) is 0.315. The smallest absolute Gasteiger partial charge is 0.308 e. The zero-order valence-corrected chi connectivity index (χ0v) is 10.7. The van der Waals surface area contributed by atoms with Crippen molar-refractivity contribution in [3.05, 3.63) is 0 Å². The van der Waals surface area contributed by atoms with E-state index in [9.17, 15) is 9.59 Å². The van der Waals surface area contributed by atoms with E-state index in [0.29, 0.717) is 5.92 Å². The van der Waals surface area contributed by atoms with E-state index in [1.807, 2.05) is 20.8 Å². The molecule has 1 aliphatic rings. The second kappa shape index (κ2) is 6.00. The molecule has 0 bridgehead atoms. The van der Waals surface area contributed by atoms with Crippen LogP contribution in [0.5, 0.6) is 0 Å². The van der Waals surface area contributed by atoms with E-state index >= 15 is 0 Å². The third-order valence-corrected chi connectivity index (χ3v) is 3.55. The van der Waals surface area contributed by atoms with Crippen molar-refractivity contribution in [3.8, 4) is 0 Å². The summed E-state index contributed by atoms with van der Waals surface area (Å²) in [7, 11) is 0. The molecule has 1 rings (SSSR count). The van der Waals surface area contributed by atoms with Crippen LogP contribution in [-0.4, -0.2) is 36.6 Å². The Hall–Kier alpha value is -1.10. The van der Waals surface area contributed by atoms with Gasteiger partial charge in [0.1, 0.15) is 0 Å². The lowest BCUT2D eigenvalue weighted by Crippen LogP contribution is -2.50. The summed E-state index contributed by atoms with van der Waals surface area (Å²) in [5.74, 6) is -1.03. The number of nitrogens with one attached hydrogen (secondary N) is 2. The minimum atomic E-state index is -0.849. The van der Waals surface area contributed by atoms with Gasteiger partial charge in [-0.25, -0.2) is 0 Å². The number of hydrogen-bond donors (Lipinski definition) is 3. The number of hydrogen-bond acceptors (Lipinski definition) is 3. The molecule has 1 saturated heterocycles. The Kier molecular flexibility index (Phi) is 4.93. The van der Waals surface area contributed by atoms with Gasteiger partial charge in [0.15, 0.2) is 0 Å². The second-order valence-corrected chi connectivity index (χ2v) is 5.14. The standard InChI is InChI=1S/C12H22N2O3/c1-7(2)10(12(16)17)6-14-11(15)8(3)9-4-13-5-9/h7-10,13H,4-6H2,1-3H3,(H,14,15)(H,16,17). The fourth-order valence-corrected chi connectivity index (χ4v) is 1.86. The average Bonchev–Trinajstić information content (AvgIpc) is 2.13. The molecule has 1 fully saturated rings. The lowest BCUT2D eigenvalue weighted by molar-refractivity contribution is -0.143. The van der Waals surface area contributed by atoms with E-state index in [4.69, 9.17) is 5.11 Å². The van der Waals surface area contributed by atoms with Crippen molar-refractivity contribution < 1.29 is 14.7 Å². The van der Waals surface area contributed by atoms with Gasteiger partial charge in [-0.3, -0.25) is 9.59 Å². The highest BCUT2D eigenvalue weighted by Gasteiger charge is 2.29. The topological polar surface area (TPSA) is 78.4 Å². The molecule has 1 amide bonds. The lowest BCUT2D eigenvalue weighted by atomic mass is 9.88. The van der Waals surface area contributed by atoms with Crippen LogP contribution >= 0.6 is 0 Å². The van der Waals surface area contributed by atoms with Crippen molar-refractivity contribution in [2.24, 2.45) is 23.7 Å². The van der Waals surface area contributed by atoms with Gasteiger partial charge in [-0.2, -0.15) is 0 Å². The largest absolute Gasteiger partial charge is 0.481 e. The molecule has 5 heteroatoms. The maximum absolute atomic E-state index is 11.8. The van der Waals surface area contributed by atoms with Crippen LogP contribution < -0.4 is 10.6 Å². The summed E-state index contributed by atoms with van der Waals surface area (Å²) < 4.78 is 0. The first kappa shape index (κ1) is 14.0. The minimum absolute atomic E-state index is 0.0217. The van der Waals surface area contributed by atoms with Crippen molar-refractivity contribution >= 4 is 11.9 Å². The summed E-state index contributed by atoms with van der Waals surface area (Å²) in [6, 6.07) is 0. The summed E-state index contributed by atoms with van der Waals surface area (Å²) in [4.78, 5) is 22.8. The Morgan fingerprint density at radius 2 is 1.94 bits per heavy atom. The van der Waals surface area contributed by atoms with Gasteiger partial charge in [0.2, 0.25) is 5.91 Å². The molecule has 0 spiro atoms.